The van der Waals surface area contributed by atoms with Crippen LogP contribution in [0.5, 0.6) is 11.5 Å². The van der Waals surface area contributed by atoms with E-state index in [9.17, 15) is 24.6 Å². The van der Waals surface area contributed by atoms with Gasteiger partial charge in [-0.2, -0.15) is 5.26 Å². The maximum atomic E-state index is 14.0. The Hall–Kier alpha value is -3.45. The topological polar surface area (TPSA) is 114 Å². The third-order valence-electron chi connectivity index (χ3n) is 3.73. The molecule has 1 aliphatic rings. The standard InChI is InChI=1S/C18H11BrFN3O5/c19-12-2-1-10(13(20)6-12)5-11(9-21)18(24)22-14-7-16-17(28-4-3-27-16)8-15(14)23(25)26/h1-2,5-8H,3-4H2,(H,22,24). The van der Waals surface area contributed by atoms with Gasteiger partial charge in [-0.05, 0) is 18.2 Å². The Balaban J connectivity index is 1.93. The fraction of sp³-hybridized carbons (Fsp3) is 0.111. The summed E-state index contributed by atoms with van der Waals surface area (Å²) in [6.07, 6.45) is 1.06. The summed E-state index contributed by atoms with van der Waals surface area (Å²) < 4.78 is 25.1. The van der Waals surface area contributed by atoms with E-state index in [2.05, 4.69) is 21.2 Å². The van der Waals surface area contributed by atoms with E-state index in [-0.39, 0.29) is 36.0 Å². The highest BCUT2D eigenvalue weighted by atomic mass is 79.9. The predicted molar refractivity (Wildman–Crippen MR) is 100 cm³/mol. The molecule has 8 nitrogen and oxygen atoms in total. The first-order valence-corrected chi connectivity index (χ1v) is 8.64. The highest BCUT2D eigenvalue weighted by Crippen LogP contribution is 2.39. The number of rotatable bonds is 4. The average Bonchev–Trinajstić information content (AvgIpc) is 2.66. The molecule has 0 aromatic heterocycles. The monoisotopic (exact) mass is 447 g/mol. The van der Waals surface area contributed by atoms with Gasteiger partial charge in [-0.15, -0.1) is 0 Å². The number of nitrogens with zero attached hydrogens (tertiary/aromatic N) is 2. The second-order valence-corrected chi connectivity index (χ2v) is 6.48. The van der Waals surface area contributed by atoms with Gasteiger partial charge in [0.25, 0.3) is 11.6 Å². The summed E-state index contributed by atoms with van der Waals surface area (Å²) in [5, 5.41) is 22.9. The van der Waals surface area contributed by atoms with Crippen molar-refractivity contribution in [1.29, 1.82) is 5.26 Å². The second-order valence-electron chi connectivity index (χ2n) is 5.56. The summed E-state index contributed by atoms with van der Waals surface area (Å²) in [7, 11) is 0. The number of hydrogen-bond donors (Lipinski definition) is 1. The van der Waals surface area contributed by atoms with Gasteiger partial charge in [-0.25, -0.2) is 4.39 Å². The molecule has 10 heteroatoms. The van der Waals surface area contributed by atoms with Crippen molar-refractivity contribution >= 4 is 39.3 Å². The molecule has 0 saturated carbocycles. The van der Waals surface area contributed by atoms with Crippen LogP contribution in [0.15, 0.2) is 40.4 Å². The van der Waals surface area contributed by atoms with Crippen molar-refractivity contribution in [1.82, 2.24) is 0 Å². The van der Waals surface area contributed by atoms with Gasteiger partial charge in [0.1, 0.15) is 36.4 Å². The SMILES string of the molecule is N#CC(=Cc1ccc(Br)cc1F)C(=O)Nc1cc2c(cc1[N+](=O)[O-])OCCO2. The molecule has 0 unspecified atom stereocenters. The van der Waals surface area contributed by atoms with Gasteiger partial charge in [-0.1, -0.05) is 22.0 Å². The van der Waals surface area contributed by atoms with Crippen molar-refractivity contribution < 1.29 is 23.6 Å². The first kappa shape index (κ1) is 19.3. The Labute approximate surface area is 166 Å². The van der Waals surface area contributed by atoms with Crippen LogP contribution in [-0.2, 0) is 4.79 Å². The lowest BCUT2D eigenvalue weighted by molar-refractivity contribution is -0.384. The number of nitrogens with one attached hydrogen (secondary N) is 1. The Kier molecular flexibility index (Phi) is 5.56. The van der Waals surface area contributed by atoms with E-state index in [0.717, 1.165) is 12.1 Å². The normalized spacial score (nSPS) is 12.8. The molecule has 3 rings (SSSR count). The van der Waals surface area contributed by atoms with Crippen LogP contribution in [0, 0.1) is 27.3 Å². The van der Waals surface area contributed by atoms with Gasteiger partial charge >= 0.3 is 0 Å². The molecular weight excluding hydrogens is 437 g/mol. The number of hydrogen-bond acceptors (Lipinski definition) is 6. The third kappa shape index (κ3) is 4.10. The molecule has 2 aromatic carbocycles. The lowest BCUT2D eigenvalue weighted by Gasteiger charge is -2.19. The van der Waals surface area contributed by atoms with Crippen LogP contribution in [0.1, 0.15) is 5.56 Å². The summed E-state index contributed by atoms with van der Waals surface area (Å²) in [5.41, 5.74) is -1.00. The van der Waals surface area contributed by atoms with Crippen LogP contribution in [0.25, 0.3) is 6.08 Å². The van der Waals surface area contributed by atoms with Crippen molar-refractivity contribution in [3.63, 3.8) is 0 Å². The average molecular weight is 448 g/mol. The number of anilines is 1. The largest absolute Gasteiger partial charge is 0.486 e. The quantitative estimate of drug-likeness (QED) is 0.329. The van der Waals surface area contributed by atoms with Gasteiger partial charge in [-0.3, -0.25) is 14.9 Å². The number of nitro benzene ring substituents is 1. The molecule has 0 fully saturated rings. The van der Waals surface area contributed by atoms with E-state index in [4.69, 9.17) is 9.47 Å². The number of fused-ring (bicyclic) bond motifs is 1. The minimum absolute atomic E-state index is 0.0200. The third-order valence-corrected chi connectivity index (χ3v) is 4.23. The molecule has 1 N–H and O–H groups in total. The van der Waals surface area contributed by atoms with E-state index >= 15 is 0 Å². The van der Waals surface area contributed by atoms with Gasteiger partial charge in [0, 0.05) is 16.1 Å². The van der Waals surface area contributed by atoms with E-state index < -0.39 is 27.9 Å². The van der Waals surface area contributed by atoms with Crippen molar-refractivity contribution in [3.05, 3.63) is 61.9 Å². The zero-order valence-electron chi connectivity index (χ0n) is 14.1. The van der Waals surface area contributed by atoms with E-state index in [1.165, 1.54) is 18.2 Å². The van der Waals surface area contributed by atoms with Crippen LogP contribution in [0.3, 0.4) is 0 Å². The number of carbonyl (C=O) groups excluding carboxylic acids is 1. The summed E-state index contributed by atoms with van der Waals surface area (Å²) in [6.45, 7) is 0.500. The molecule has 1 amide bonds. The molecule has 0 aliphatic carbocycles. The molecule has 142 valence electrons. The van der Waals surface area contributed by atoms with Gasteiger partial charge in [0.15, 0.2) is 11.5 Å². The van der Waals surface area contributed by atoms with Crippen LogP contribution in [0.2, 0.25) is 0 Å². The zero-order chi connectivity index (χ0) is 20.3. The van der Waals surface area contributed by atoms with Crippen molar-refractivity contribution in [2.45, 2.75) is 0 Å². The molecule has 1 aliphatic heterocycles. The Morgan fingerprint density at radius 3 is 2.57 bits per heavy atom. The van der Waals surface area contributed by atoms with E-state index in [0.29, 0.717) is 4.47 Å². The molecule has 0 atom stereocenters. The van der Waals surface area contributed by atoms with Crippen LogP contribution >= 0.6 is 15.9 Å². The number of carbonyl (C=O) groups is 1. The summed E-state index contributed by atoms with van der Waals surface area (Å²) in [6, 6.07) is 8.17. The van der Waals surface area contributed by atoms with E-state index in [1.807, 2.05) is 0 Å². The second kappa shape index (κ2) is 8.06. The summed E-state index contributed by atoms with van der Waals surface area (Å²) in [5.74, 6) is -1.15. The highest BCUT2D eigenvalue weighted by Gasteiger charge is 2.24. The summed E-state index contributed by atoms with van der Waals surface area (Å²) in [4.78, 5) is 23.1. The first-order chi connectivity index (χ1) is 13.4. The molecule has 28 heavy (non-hydrogen) atoms. The number of nitro groups is 1. The first-order valence-electron chi connectivity index (χ1n) is 7.85. The number of amides is 1. The maximum Gasteiger partial charge on any atom is 0.296 e. The van der Waals surface area contributed by atoms with Crippen molar-refractivity contribution in [2.24, 2.45) is 0 Å². The Bertz CT molecular complexity index is 1050. The van der Waals surface area contributed by atoms with Gasteiger partial charge in [0.05, 0.1) is 11.0 Å². The minimum atomic E-state index is -0.926. The number of benzene rings is 2. The molecule has 0 radical (unpaired) electrons. The van der Waals surface area contributed by atoms with Crippen molar-refractivity contribution in [2.75, 3.05) is 18.5 Å². The molecule has 1 heterocycles. The maximum absolute atomic E-state index is 14.0. The minimum Gasteiger partial charge on any atom is -0.486 e. The molecular formula is C18H11BrFN3O5. The fourth-order valence-corrected chi connectivity index (χ4v) is 2.77. The molecule has 0 saturated heterocycles. The number of ether oxygens (including phenoxy) is 2. The fourth-order valence-electron chi connectivity index (χ4n) is 2.44. The van der Waals surface area contributed by atoms with E-state index in [1.54, 1.807) is 12.1 Å². The molecule has 2 aromatic rings. The predicted octanol–water partition coefficient (Wildman–Crippen LogP) is 3.81. The van der Waals surface area contributed by atoms with Gasteiger partial charge in [0.2, 0.25) is 0 Å². The number of nitriles is 1. The van der Waals surface area contributed by atoms with Crippen LogP contribution in [-0.4, -0.2) is 24.0 Å². The van der Waals surface area contributed by atoms with Gasteiger partial charge < -0.3 is 14.8 Å². The van der Waals surface area contributed by atoms with Crippen LogP contribution in [0.4, 0.5) is 15.8 Å². The lowest BCUT2D eigenvalue weighted by Crippen LogP contribution is -2.18. The smallest absolute Gasteiger partial charge is 0.296 e. The van der Waals surface area contributed by atoms with Crippen LogP contribution < -0.4 is 14.8 Å². The molecule has 0 bridgehead atoms. The molecule has 0 spiro atoms. The van der Waals surface area contributed by atoms with Crippen molar-refractivity contribution in [3.8, 4) is 17.6 Å². The Morgan fingerprint density at radius 2 is 1.96 bits per heavy atom. The lowest BCUT2D eigenvalue weighted by atomic mass is 10.1. The highest BCUT2D eigenvalue weighted by molar-refractivity contribution is 9.10. The number of halogens is 2. The summed E-state index contributed by atoms with van der Waals surface area (Å²) >= 11 is 3.11. The Morgan fingerprint density at radius 1 is 1.29 bits per heavy atom. The zero-order valence-corrected chi connectivity index (χ0v) is 15.7.